The summed E-state index contributed by atoms with van der Waals surface area (Å²) < 4.78 is 12.0. The van der Waals surface area contributed by atoms with E-state index in [-0.39, 0.29) is 36.4 Å². The monoisotopic (exact) mass is 508 g/mol. The molecule has 37 heavy (non-hydrogen) atoms. The average Bonchev–Trinajstić information content (AvgIpc) is 3.38. The van der Waals surface area contributed by atoms with E-state index in [0.717, 1.165) is 49.1 Å². The van der Waals surface area contributed by atoms with Crippen LogP contribution in [0.2, 0.25) is 0 Å². The van der Waals surface area contributed by atoms with Crippen LogP contribution in [-0.4, -0.2) is 40.7 Å². The number of aryl methyl sites for hydroxylation is 1. The summed E-state index contributed by atoms with van der Waals surface area (Å²) in [4.78, 5) is 28.5. The minimum Gasteiger partial charge on any atom is -0.481 e. The van der Waals surface area contributed by atoms with Crippen molar-refractivity contribution in [3.8, 4) is 0 Å². The predicted octanol–water partition coefficient (Wildman–Crippen LogP) is 5.68. The molecule has 2 saturated carbocycles. The molecule has 7 heteroatoms. The first-order chi connectivity index (χ1) is 18.1. The Morgan fingerprint density at radius 2 is 1.84 bits per heavy atom. The van der Waals surface area contributed by atoms with Gasteiger partial charge in [0, 0.05) is 31.2 Å². The van der Waals surface area contributed by atoms with E-state index in [4.69, 9.17) is 14.3 Å². The topological polar surface area (TPSA) is 102 Å². The van der Waals surface area contributed by atoms with Crippen molar-refractivity contribution in [3.63, 3.8) is 0 Å². The number of carbonyl (C=O) groups is 2. The number of nitrogens with one attached hydrogen (secondary N) is 1. The van der Waals surface area contributed by atoms with Crippen LogP contribution >= 0.6 is 0 Å². The summed E-state index contributed by atoms with van der Waals surface area (Å²) in [6, 6.07) is 8.07. The fourth-order valence-electron chi connectivity index (χ4n) is 6.58. The molecule has 2 aliphatic carbocycles. The number of ether oxygens (including phenoxy) is 1. The Bertz CT molecular complexity index is 1050. The molecule has 2 saturated heterocycles. The van der Waals surface area contributed by atoms with Gasteiger partial charge in [0.1, 0.15) is 6.26 Å². The van der Waals surface area contributed by atoms with Gasteiger partial charge in [-0.3, -0.25) is 9.59 Å². The van der Waals surface area contributed by atoms with Crippen LogP contribution < -0.4 is 5.32 Å². The zero-order valence-electron chi connectivity index (χ0n) is 21.7. The van der Waals surface area contributed by atoms with Crippen LogP contribution in [0.3, 0.4) is 0 Å². The van der Waals surface area contributed by atoms with Crippen molar-refractivity contribution >= 4 is 11.9 Å². The van der Waals surface area contributed by atoms with E-state index in [1.165, 1.54) is 44.8 Å². The number of benzene rings is 1. The number of amides is 1. The third-order valence-corrected chi connectivity index (χ3v) is 8.68. The summed E-state index contributed by atoms with van der Waals surface area (Å²) in [5, 5.41) is 12.2. The molecule has 1 aromatic heterocycles. The number of unbranched alkanes of at least 4 members (excludes halogenated alkanes) is 1. The molecule has 7 nitrogen and oxygen atoms in total. The normalized spacial score (nSPS) is 25.4. The molecule has 3 heterocycles. The Morgan fingerprint density at radius 3 is 2.62 bits per heavy atom. The number of fused-ring (bicyclic) bond motifs is 2. The van der Waals surface area contributed by atoms with Crippen LogP contribution in [0.4, 0.5) is 0 Å². The lowest BCUT2D eigenvalue weighted by Crippen LogP contribution is -2.52. The maximum Gasteiger partial charge on any atom is 0.303 e. The second kappa shape index (κ2) is 12.2. The molecule has 6 rings (SSSR count). The average molecular weight is 509 g/mol. The highest BCUT2D eigenvalue weighted by Crippen LogP contribution is 2.48. The second-order valence-electron chi connectivity index (χ2n) is 11.2. The number of aliphatic carboxylic acids is 1. The summed E-state index contributed by atoms with van der Waals surface area (Å²) in [5.41, 5.74) is 2.58. The molecule has 4 fully saturated rings. The van der Waals surface area contributed by atoms with E-state index in [2.05, 4.69) is 16.4 Å². The van der Waals surface area contributed by atoms with Gasteiger partial charge in [0.25, 0.3) is 5.91 Å². The maximum absolute atomic E-state index is 12.7. The Balaban J connectivity index is 1.16. The zero-order valence-corrected chi connectivity index (χ0v) is 21.7. The number of rotatable bonds is 12. The molecule has 4 aliphatic rings. The SMILES string of the molecule is O=C(O)CCc1ccccc1CC1C2CC(CC1c1nc(C(=O)NCCCCC3CCCCC3)co1)O2. The van der Waals surface area contributed by atoms with Gasteiger partial charge in [-0.05, 0) is 42.7 Å². The largest absolute Gasteiger partial charge is 0.481 e. The fourth-order valence-corrected chi connectivity index (χ4v) is 6.58. The number of carboxylic acid groups (broad SMARTS) is 1. The van der Waals surface area contributed by atoms with Crippen molar-refractivity contribution in [2.75, 3.05) is 6.54 Å². The van der Waals surface area contributed by atoms with Gasteiger partial charge in [0.05, 0.1) is 12.2 Å². The quantitative estimate of drug-likeness (QED) is 0.358. The molecule has 1 aromatic carbocycles. The Hall–Kier alpha value is -2.67. The van der Waals surface area contributed by atoms with Crippen LogP contribution in [0, 0.1) is 11.8 Å². The Morgan fingerprint density at radius 1 is 1.05 bits per heavy atom. The number of nitrogens with zero attached hydrogens (tertiary/aromatic N) is 1. The zero-order chi connectivity index (χ0) is 25.6. The first-order valence-corrected chi connectivity index (χ1v) is 14.2. The summed E-state index contributed by atoms with van der Waals surface area (Å²) in [6.45, 7) is 0.672. The number of carbonyl (C=O) groups excluding carboxylic acids is 1. The van der Waals surface area contributed by atoms with E-state index in [9.17, 15) is 9.59 Å². The standard InChI is InChI=1S/C30H40N2O5/c33-28(34)14-13-21-11-4-5-12-22(21)16-24-25(17-23-18-27(24)37-23)30-32-26(19-36-30)29(35)31-15-7-6-10-20-8-2-1-3-9-20/h4-5,11-12,19-20,23-25,27H,1-3,6-10,13-18H2,(H,31,35)(H,33,34). The lowest BCUT2D eigenvalue weighted by atomic mass is 9.69. The number of hydrogen-bond donors (Lipinski definition) is 2. The lowest BCUT2D eigenvalue weighted by Gasteiger charge is -2.50. The molecule has 200 valence electrons. The van der Waals surface area contributed by atoms with E-state index in [1.54, 1.807) is 0 Å². The van der Waals surface area contributed by atoms with Gasteiger partial charge < -0.3 is 19.6 Å². The molecule has 0 spiro atoms. The van der Waals surface area contributed by atoms with Crippen molar-refractivity contribution in [1.29, 1.82) is 0 Å². The van der Waals surface area contributed by atoms with Gasteiger partial charge in [-0.2, -0.15) is 0 Å². The molecule has 0 radical (unpaired) electrons. The Kier molecular flexibility index (Phi) is 8.59. The third kappa shape index (κ3) is 6.61. The van der Waals surface area contributed by atoms with E-state index >= 15 is 0 Å². The number of carboxylic acids is 1. The van der Waals surface area contributed by atoms with Gasteiger partial charge in [0.15, 0.2) is 11.6 Å². The third-order valence-electron chi connectivity index (χ3n) is 8.68. The number of aromatic nitrogens is 1. The molecule has 2 aromatic rings. The molecule has 4 unspecified atom stereocenters. The van der Waals surface area contributed by atoms with E-state index in [1.807, 2.05) is 18.2 Å². The molecule has 2 bridgehead atoms. The van der Waals surface area contributed by atoms with Crippen molar-refractivity contribution in [2.24, 2.45) is 11.8 Å². The number of oxazole rings is 1. The lowest BCUT2D eigenvalue weighted by molar-refractivity contribution is -0.195. The number of hydrogen-bond acceptors (Lipinski definition) is 5. The van der Waals surface area contributed by atoms with Gasteiger partial charge in [0.2, 0.25) is 0 Å². The Labute approximate surface area is 219 Å². The first kappa shape index (κ1) is 26.0. The highest BCUT2D eigenvalue weighted by molar-refractivity contribution is 5.91. The summed E-state index contributed by atoms with van der Waals surface area (Å²) in [6.07, 6.45) is 15.5. The van der Waals surface area contributed by atoms with Gasteiger partial charge in [-0.15, -0.1) is 0 Å². The van der Waals surface area contributed by atoms with Crippen molar-refractivity contribution in [2.45, 2.75) is 102 Å². The fraction of sp³-hybridized carbons (Fsp3) is 0.633. The van der Waals surface area contributed by atoms with Gasteiger partial charge in [-0.1, -0.05) is 69.2 Å². The van der Waals surface area contributed by atoms with E-state index in [0.29, 0.717) is 24.6 Å². The molecular weight excluding hydrogens is 468 g/mol. The highest BCUT2D eigenvalue weighted by atomic mass is 16.5. The van der Waals surface area contributed by atoms with Crippen LogP contribution in [0.15, 0.2) is 34.9 Å². The van der Waals surface area contributed by atoms with Crippen LogP contribution in [0.5, 0.6) is 0 Å². The van der Waals surface area contributed by atoms with Crippen molar-refractivity contribution in [1.82, 2.24) is 10.3 Å². The van der Waals surface area contributed by atoms with E-state index < -0.39 is 5.97 Å². The molecule has 1 amide bonds. The highest BCUT2D eigenvalue weighted by Gasteiger charge is 2.49. The second-order valence-corrected chi connectivity index (χ2v) is 11.2. The molecule has 4 atom stereocenters. The first-order valence-electron chi connectivity index (χ1n) is 14.2. The van der Waals surface area contributed by atoms with Gasteiger partial charge >= 0.3 is 5.97 Å². The van der Waals surface area contributed by atoms with Crippen LogP contribution in [0.25, 0.3) is 0 Å². The summed E-state index contributed by atoms with van der Waals surface area (Å²) >= 11 is 0. The molecule has 2 N–H and O–H groups in total. The molecule has 2 aliphatic heterocycles. The van der Waals surface area contributed by atoms with Crippen LogP contribution in [-0.2, 0) is 22.4 Å². The predicted molar refractivity (Wildman–Crippen MR) is 139 cm³/mol. The van der Waals surface area contributed by atoms with Crippen molar-refractivity contribution in [3.05, 3.63) is 53.2 Å². The minimum atomic E-state index is -0.787. The smallest absolute Gasteiger partial charge is 0.303 e. The maximum atomic E-state index is 12.7. The van der Waals surface area contributed by atoms with Crippen LogP contribution in [0.1, 0.15) is 104 Å². The summed E-state index contributed by atoms with van der Waals surface area (Å²) in [7, 11) is 0. The molecular formula is C30H40N2O5. The van der Waals surface area contributed by atoms with Gasteiger partial charge in [-0.25, -0.2) is 4.98 Å². The van der Waals surface area contributed by atoms with Crippen molar-refractivity contribution < 1.29 is 23.8 Å². The minimum absolute atomic E-state index is 0.0853. The summed E-state index contributed by atoms with van der Waals surface area (Å²) in [5.74, 6) is 0.817.